The van der Waals surface area contributed by atoms with Crippen LogP contribution in [0.5, 0.6) is 0 Å². The van der Waals surface area contributed by atoms with Gasteiger partial charge in [0.1, 0.15) is 0 Å². The average molecular weight is 404 g/mol. The zero-order valence-corrected chi connectivity index (χ0v) is 18.9. The Bertz CT molecular complexity index is 759. The van der Waals surface area contributed by atoms with E-state index in [1.807, 2.05) is 46.0 Å². The van der Waals surface area contributed by atoms with Crippen LogP contribution in [0, 0.1) is 6.92 Å². The van der Waals surface area contributed by atoms with E-state index in [9.17, 15) is 4.79 Å². The Morgan fingerprint density at radius 1 is 1.18 bits per heavy atom. The molecule has 0 radical (unpaired) electrons. The number of carbonyl (C=O) groups is 1. The molecule has 4 nitrogen and oxygen atoms in total. The number of hydrogen-bond donors (Lipinski definition) is 2. The molecule has 0 spiro atoms. The summed E-state index contributed by atoms with van der Waals surface area (Å²) >= 11 is 6.49. The van der Waals surface area contributed by atoms with Gasteiger partial charge in [-0.25, -0.2) is 4.79 Å². The molecule has 0 aliphatic carbocycles. The number of carbonyl (C=O) groups excluding carboxylic acids is 1. The topological polar surface area (TPSA) is 44.4 Å². The summed E-state index contributed by atoms with van der Waals surface area (Å²) in [5, 5.41) is 6.81. The number of hydrogen-bond acceptors (Lipinski definition) is 2. The highest BCUT2D eigenvalue weighted by Crippen LogP contribution is 2.33. The van der Waals surface area contributed by atoms with Crippen molar-refractivity contribution in [2.45, 2.75) is 47.1 Å². The number of benzene rings is 2. The summed E-state index contributed by atoms with van der Waals surface area (Å²) in [4.78, 5) is 13.6. The fourth-order valence-corrected chi connectivity index (χ4v) is 3.45. The molecule has 0 aliphatic rings. The molecule has 1 unspecified atom stereocenters. The summed E-state index contributed by atoms with van der Waals surface area (Å²) in [6, 6.07) is 12.2. The van der Waals surface area contributed by atoms with E-state index in [0.29, 0.717) is 6.54 Å². The minimum Gasteiger partial charge on any atom is -0.338 e. The van der Waals surface area contributed by atoms with Crippen LogP contribution in [-0.4, -0.2) is 26.7 Å². The highest BCUT2D eigenvalue weighted by atomic mass is 35.5. The first-order valence-electron chi connectivity index (χ1n) is 9.94. The van der Waals surface area contributed by atoms with Gasteiger partial charge < -0.3 is 10.6 Å². The number of nitrogens with zero attached hydrogens (tertiary/aromatic N) is 1. The first kappa shape index (κ1) is 24.0. The first-order chi connectivity index (χ1) is 13.4. The van der Waals surface area contributed by atoms with Gasteiger partial charge in [-0.15, -0.1) is 0 Å². The predicted octanol–water partition coefficient (Wildman–Crippen LogP) is 5.71. The highest BCUT2D eigenvalue weighted by Gasteiger charge is 2.17. The van der Waals surface area contributed by atoms with E-state index in [0.717, 1.165) is 28.4 Å². The molecule has 0 fully saturated rings. The quantitative estimate of drug-likeness (QED) is 0.648. The number of halogens is 1. The molecule has 2 aromatic rings. The predicted molar refractivity (Wildman–Crippen MR) is 122 cm³/mol. The number of anilines is 1. The molecule has 5 heteroatoms. The van der Waals surface area contributed by atoms with Gasteiger partial charge in [0.15, 0.2) is 0 Å². The molecule has 0 saturated heterocycles. The smallest absolute Gasteiger partial charge is 0.321 e. The molecule has 28 heavy (non-hydrogen) atoms. The second-order valence-electron chi connectivity index (χ2n) is 6.55. The Kier molecular flexibility index (Phi) is 10.0. The van der Waals surface area contributed by atoms with Crippen LogP contribution in [0.15, 0.2) is 36.4 Å². The van der Waals surface area contributed by atoms with Crippen molar-refractivity contribution < 1.29 is 4.79 Å². The molecule has 0 bridgehead atoms. The summed E-state index contributed by atoms with van der Waals surface area (Å²) in [5.74, 6) is 0.208. The molecule has 0 aliphatic heterocycles. The third kappa shape index (κ3) is 5.98. The van der Waals surface area contributed by atoms with E-state index in [1.54, 1.807) is 11.9 Å². The molecule has 0 saturated carbocycles. The van der Waals surface area contributed by atoms with Crippen LogP contribution in [0.1, 0.15) is 55.9 Å². The minimum absolute atomic E-state index is 0.102. The molecular formula is C23H34ClN3O. The molecule has 0 aromatic heterocycles. The maximum Gasteiger partial charge on any atom is 0.321 e. The summed E-state index contributed by atoms with van der Waals surface area (Å²) in [6.45, 7) is 11.5. The van der Waals surface area contributed by atoms with E-state index in [2.05, 4.69) is 42.7 Å². The lowest BCUT2D eigenvalue weighted by Crippen LogP contribution is -2.37. The van der Waals surface area contributed by atoms with Gasteiger partial charge in [0.2, 0.25) is 0 Å². The number of urea groups is 1. The first-order valence-corrected chi connectivity index (χ1v) is 10.3. The second kappa shape index (κ2) is 11.7. The fourth-order valence-electron chi connectivity index (χ4n) is 3.10. The van der Waals surface area contributed by atoms with Gasteiger partial charge in [-0.3, -0.25) is 4.90 Å². The van der Waals surface area contributed by atoms with Crippen LogP contribution in [0.25, 0.3) is 0 Å². The molecule has 2 aromatic carbocycles. The minimum atomic E-state index is -0.102. The third-order valence-corrected chi connectivity index (χ3v) is 4.94. The molecule has 2 amide bonds. The number of nitrogens with one attached hydrogen (secondary N) is 2. The number of aryl methyl sites for hydroxylation is 1. The van der Waals surface area contributed by atoms with Crippen LogP contribution in [0.2, 0.25) is 5.02 Å². The monoisotopic (exact) mass is 403 g/mol. The molecule has 1 atom stereocenters. The van der Waals surface area contributed by atoms with Crippen molar-refractivity contribution in [3.05, 3.63) is 63.7 Å². The van der Waals surface area contributed by atoms with Gasteiger partial charge in [0.05, 0.1) is 0 Å². The van der Waals surface area contributed by atoms with Crippen molar-refractivity contribution in [1.82, 2.24) is 10.6 Å². The van der Waals surface area contributed by atoms with Gasteiger partial charge in [-0.2, -0.15) is 0 Å². The number of rotatable bonds is 6. The average Bonchev–Trinajstić information content (AvgIpc) is 2.70. The molecule has 2 rings (SSSR count). The van der Waals surface area contributed by atoms with Gasteiger partial charge in [0.25, 0.3) is 0 Å². The Hall–Kier alpha value is -2.04. The van der Waals surface area contributed by atoms with Crippen LogP contribution in [-0.2, 0) is 6.54 Å². The van der Waals surface area contributed by atoms with Gasteiger partial charge in [0, 0.05) is 36.8 Å². The van der Waals surface area contributed by atoms with E-state index in [-0.39, 0.29) is 11.9 Å². The van der Waals surface area contributed by atoms with Gasteiger partial charge in [-0.1, -0.05) is 50.6 Å². The summed E-state index contributed by atoms with van der Waals surface area (Å²) in [6.07, 6.45) is 0. The standard InChI is InChI=1S/C21H28ClN3O.C2H6/c1-6-24-21(26)25(5)17-9-7-16(8-10-17)15(3)18-11-14(2)12-20(22)19(18)13-23-4;1-2/h7-12,15,23H,6,13H2,1-5H3,(H,24,26);1-2H3. The zero-order chi connectivity index (χ0) is 21.3. The number of amides is 2. The Labute approximate surface area is 175 Å². The van der Waals surface area contributed by atoms with E-state index < -0.39 is 0 Å². The third-order valence-electron chi connectivity index (χ3n) is 4.61. The Morgan fingerprint density at radius 3 is 2.32 bits per heavy atom. The summed E-state index contributed by atoms with van der Waals surface area (Å²) in [5.41, 5.74) is 5.58. The lowest BCUT2D eigenvalue weighted by atomic mass is 9.88. The molecule has 154 valence electrons. The lowest BCUT2D eigenvalue weighted by Gasteiger charge is -2.21. The van der Waals surface area contributed by atoms with Crippen molar-refractivity contribution in [1.29, 1.82) is 0 Å². The van der Waals surface area contributed by atoms with Crippen LogP contribution in [0.3, 0.4) is 0 Å². The SMILES string of the molecule is CC.CCNC(=O)N(C)c1ccc(C(C)c2cc(C)cc(Cl)c2CNC)cc1. The van der Waals surface area contributed by atoms with Crippen molar-refractivity contribution in [2.24, 2.45) is 0 Å². The Morgan fingerprint density at radius 2 is 1.79 bits per heavy atom. The largest absolute Gasteiger partial charge is 0.338 e. The zero-order valence-electron chi connectivity index (χ0n) is 18.2. The van der Waals surface area contributed by atoms with E-state index in [1.165, 1.54) is 11.1 Å². The maximum atomic E-state index is 12.0. The van der Waals surface area contributed by atoms with E-state index >= 15 is 0 Å². The maximum absolute atomic E-state index is 12.0. The fraction of sp³-hybridized carbons (Fsp3) is 0.435. The molecule has 2 N–H and O–H groups in total. The second-order valence-corrected chi connectivity index (χ2v) is 6.96. The Balaban J connectivity index is 0.00000190. The van der Waals surface area contributed by atoms with Crippen LogP contribution < -0.4 is 15.5 Å². The van der Waals surface area contributed by atoms with Crippen molar-refractivity contribution >= 4 is 23.3 Å². The van der Waals surface area contributed by atoms with E-state index in [4.69, 9.17) is 11.6 Å². The molecule has 0 heterocycles. The van der Waals surface area contributed by atoms with Crippen LogP contribution >= 0.6 is 11.6 Å². The normalized spacial score (nSPS) is 11.3. The van der Waals surface area contributed by atoms with Gasteiger partial charge in [-0.05, 0) is 61.3 Å². The molecular weight excluding hydrogens is 370 g/mol. The van der Waals surface area contributed by atoms with Gasteiger partial charge >= 0.3 is 6.03 Å². The van der Waals surface area contributed by atoms with Crippen LogP contribution in [0.4, 0.5) is 10.5 Å². The van der Waals surface area contributed by atoms with Crippen molar-refractivity contribution in [3.63, 3.8) is 0 Å². The highest BCUT2D eigenvalue weighted by molar-refractivity contribution is 6.31. The summed E-state index contributed by atoms with van der Waals surface area (Å²) in [7, 11) is 3.70. The van der Waals surface area contributed by atoms with Crippen molar-refractivity contribution in [2.75, 3.05) is 25.5 Å². The van der Waals surface area contributed by atoms with Crippen molar-refractivity contribution in [3.8, 4) is 0 Å². The summed E-state index contributed by atoms with van der Waals surface area (Å²) < 4.78 is 0. The lowest BCUT2D eigenvalue weighted by molar-refractivity contribution is 0.248.